The second-order valence-electron chi connectivity index (χ2n) is 5.62. The molecule has 20 heavy (non-hydrogen) atoms. The molecule has 1 atom stereocenters. The highest BCUT2D eigenvalue weighted by Gasteiger charge is 2.19. The summed E-state index contributed by atoms with van der Waals surface area (Å²) in [5, 5.41) is 8.68. The first-order chi connectivity index (χ1) is 9.40. The van der Waals surface area contributed by atoms with Gasteiger partial charge in [-0.15, -0.1) is 0 Å². The molecule has 0 aliphatic carbocycles. The number of likely N-dealkylation sites (N-methyl/N-ethyl adjacent to an activating group) is 1. The average molecular weight is 281 g/mol. The van der Waals surface area contributed by atoms with E-state index in [1.807, 2.05) is 19.2 Å². The van der Waals surface area contributed by atoms with Crippen molar-refractivity contribution in [3.63, 3.8) is 0 Å². The molecule has 0 aliphatic rings. The van der Waals surface area contributed by atoms with Crippen LogP contribution in [-0.2, 0) is 11.2 Å². The second kappa shape index (κ2) is 8.00. The van der Waals surface area contributed by atoms with E-state index >= 15 is 0 Å². The number of carboxylic acids is 1. The molecule has 4 heteroatoms. The molecule has 1 unspecified atom stereocenters. The third-order valence-corrected chi connectivity index (χ3v) is 3.60. The lowest BCUT2D eigenvalue weighted by molar-refractivity contribution is -0.137. The van der Waals surface area contributed by atoms with Crippen molar-refractivity contribution in [3.8, 4) is 0 Å². The number of carbonyl (C=O) groups is 1. The van der Waals surface area contributed by atoms with E-state index in [1.165, 1.54) is 12.1 Å². The van der Waals surface area contributed by atoms with Crippen molar-refractivity contribution >= 4 is 5.97 Å². The summed E-state index contributed by atoms with van der Waals surface area (Å²) in [5.74, 6) is -0.516. The Hall–Kier alpha value is -1.42. The molecule has 0 amide bonds. The largest absolute Gasteiger partial charge is 0.481 e. The van der Waals surface area contributed by atoms with Gasteiger partial charge in [0.1, 0.15) is 5.82 Å². The first-order valence-corrected chi connectivity index (χ1v) is 7.06. The zero-order valence-electron chi connectivity index (χ0n) is 12.5. The molecule has 1 aromatic carbocycles. The van der Waals surface area contributed by atoms with Crippen molar-refractivity contribution in [1.82, 2.24) is 4.90 Å². The number of aliphatic carboxylic acids is 1. The molecule has 0 spiro atoms. The minimum atomic E-state index is -0.752. The minimum Gasteiger partial charge on any atom is -0.481 e. The molecule has 1 rings (SSSR count). The Morgan fingerprint density at radius 1 is 1.30 bits per heavy atom. The first kappa shape index (κ1) is 16.6. The second-order valence-corrected chi connectivity index (χ2v) is 5.62. The van der Waals surface area contributed by atoms with E-state index in [-0.39, 0.29) is 12.2 Å². The standard InChI is InChI=1S/C16H24FNO2/c1-12(2)15(18(3)10-4-5-16(19)20)11-13-6-8-14(17)9-7-13/h6-9,12,15H,4-5,10-11H2,1-3H3,(H,19,20). The fourth-order valence-corrected chi connectivity index (χ4v) is 2.41. The molecule has 112 valence electrons. The highest BCUT2D eigenvalue weighted by atomic mass is 19.1. The van der Waals surface area contributed by atoms with E-state index in [0.29, 0.717) is 18.4 Å². The van der Waals surface area contributed by atoms with Gasteiger partial charge in [0.25, 0.3) is 0 Å². The molecule has 0 saturated heterocycles. The predicted molar refractivity (Wildman–Crippen MR) is 78.2 cm³/mol. The van der Waals surface area contributed by atoms with Gasteiger partial charge in [-0.3, -0.25) is 4.79 Å². The van der Waals surface area contributed by atoms with Crippen LogP contribution < -0.4 is 0 Å². The van der Waals surface area contributed by atoms with E-state index in [0.717, 1.165) is 18.5 Å². The molecular weight excluding hydrogens is 257 g/mol. The maximum Gasteiger partial charge on any atom is 0.303 e. The quantitative estimate of drug-likeness (QED) is 0.795. The summed E-state index contributed by atoms with van der Waals surface area (Å²) in [7, 11) is 2.02. The number of benzene rings is 1. The van der Waals surface area contributed by atoms with Crippen molar-refractivity contribution in [2.24, 2.45) is 5.92 Å². The summed E-state index contributed by atoms with van der Waals surface area (Å²) >= 11 is 0. The van der Waals surface area contributed by atoms with Crippen molar-refractivity contribution in [2.45, 2.75) is 39.2 Å². The van der Waals surface area contributed by atoms with Gasteiger partial charge in [0, 0.05) is 12.5 Å². The molecule has 0 aromatic heterocycles. The molecule has 3 nitrogen and oxygen atoms in total. The number of nitrogens with zero attached hydrogens (tertiary/aromatic N) is 1. The lowest BCUT2D eigenvalue weighted by Crippen LogP contribution is -2.38. The van der Waals surface area contributed by atoms with Crippen LogP contribution in [0.3, 0.4) is 0 Å². The molecule has 0 heterocycles. The first-order valence-electron chi connectivity index (χ1n) is 7.06. The van der Waals surface area contributed by atoms with Crippen LogP contribution in [0.2, 0.25) is 0 Å². The molecule has 0 bridgehead atoms. The number of hydrogen-bond donors (Lipinski definition) is 1. The van der Waals surface area contributed by atoms with Gasteiger partial charge in [-0.05, 0) is 50.0 Å². The molecular formula is C16H24FNO2. The third-order valence-electron chi connectivity index (χ3n) is 3.60. The maximum atomic E-state index is 12.9. The van der Waals surface area contributed by atoms with Gasteiger partial charge in [0.15, 0.2) is 0 Å². The van der Waals surface area contributed by atoms with Crippen LogP contribution in [0.5, 0.6) is 0 Å². The van der Waals surface area contributed by atoms with E-state index < -0.39 is 5.97 Å². The van der Waals surface area contributed by atoms with Crippen LogP contribution >= 0.6 is 0 Å². The Kier molecular flexibility index (Phi) is 6.65. The normalized spacial score (nSPS) is 12.9. The average Bonchev–Trinajstić information content (AvgIpc) is 2.37. The van der Waals surface area contributed by atoms with Crippen LogP contribution in [0, 0.1) is 11.7 Å². The zero-order valence-corrected chi connectivity index (χ0v) is 12.5. The lowest BCUT2D eigenvalue weighted by Gasteiger charge is -2.31. The van der Waals surface area contributed by atoms with E-state index in [2.05, 4.69) is 18.7 Å². The van der Waals surface area contributed by atoms with Crippen LogP contribution in [0.1, 0.15) is 32.3 Å². The molecule has 0 radical (unpaired) electrons. The van der Waals surface area contributed by atoms with E-state index in [9.17, 15) is 9.18 Å². The van der Waals surface area contributed by atoms with Gasteiger partial charge in [0.05, 0.1) is 0 Å². The SMILES string of the molecule is CC(C)C(Cc1ccc(F)cc1)N(C)CCCC(=O)O. The molecule has 0 fully saturated rings. The lowest BCUT2D eigenvalue weighted by atomic mass is 9.95. The zero-order chi connectivity index (χ0) is 15.1. The van der Waals surface area contributed by atoms with Crippen LogP contribution in [0.25, 0.3) is 0 Å². The summed E-state index contributed by atoms with van der Waals surface area (Å²) in [6, 6.07) is 6.93. The summed E-state index contributed by atoms with van der Waals surface area (Å²) < 4.78 is 12.9. The van der Waals surface area contributed by atoms with Crippen molar-refractivity contribution < 1.29 is 14.3 Å². The van der Waals surface area contributed by atoms with Gasteiger partial charge in [-0.2, -0.15) is 0 Å². The maximum absolute atomic E-state index is 12.9. The molecule has 0 aliphatic heterocycles. The Morgan fingerprint density at radius 2 is 1.90 bits per heavy atom. The Balaban J connectivity index is 2.59. The third kappa shape index (κ3) is 5.70. The van der Waals surface area contributed by atoms with Crippen LogP contribution in [0.4, 0.5) is 4.39 Å². The minimum absolute atomic E-state index is 0.200. The Bertz CT molecular complexity index is 417. The monoisotopic (exact) mass is 281 g/mol. The molecule has 0 saturated carbocycles. The van der Waals surface area contributed by atoms with E-state index in [1.54, 1.807) is 0 Å². The van der Waals surface area contributed by atoms with Gasteiger partial charge in [0.2, 0.25) is 0 Å². The highest BCUT2D eigenvalue weighted by Crippen LogP contribution is 2.16. The molecule has 1 aromatic rings. The predicted octanol–water partition coefficient (Wildman–Crippen LogP) is 3.19. The van der Waals surface area contributed by atoms with Gasteiger partial charge < -0.3 is 10.0 Å². The number of rotatable bonds is 8. The Morgan fingerprint density at radius 3 is 2.40 bits per heavy atom. The summed E-state index contributed by atoms with van der Waals surface area (Å²) in [6.07, 6.45) is 1.70. The van der Waals surface area contributed by atoms with Gasteiger partial charge >= 0.3 is 5.97 Å². The number of halogens is 1. The van der Waals surface area contributed by atoms with Gasteiger partial charge in [-0.1, -0.05) is 26.0 Å². The van der Waals surface area contributed by atoms with Crippen molar-refractivity contribution in [3.05, 3.63) is 35.6 Å². The molecule has 1 N–H and O–H groups in total. The van der Waals surface area contributed by atoms with E-state index in [4.69, 9.17) is 5.11 Å². The summed E-state index contributed by atoms with van der Waals surface area (Å²) in [4.78, 5) is 12.8. The van der Waals surface area contributed by atoms with Crippen LogP contribution in [-0.4, -0.2) is 35.6 Å². The number of hydrogen-bond acceptors (Lipinski definition) is 2. The topological polar surface area (TPSA) is 40.5 Å². The number of carboxylic acid groups (broad SMARTS) is 1. The van der Waals surface area contributed by atoms with Crippen molar-refractivity contribution in [1.29, 1.82) is 0 Å². The van der Waals surface area contributed by atoms with Crippen LogP contribution in [0.15, 0.2) is 24.3 Å². The smallest absolute Gasteiger partial charge is 0.303 e. The fourth-order valence-electron chi connectivity index (χ4n) is 2.41. The highest BCUT2D eigenvalue weighted by molar-refractivity contribution is 5.66. The van der Waals surface area contributed by atoms with Gasteiger partial charge in [-0.25, -0.2) is 4.39 Å². The summed E-state index contributed by atoms with van der Waals surface area (Å²) in [6.45, 7) is 5.07. The Labute approximate surface area is 120 Å². The van der Waals surface area contributed by atoms with Crippen molar-refractivity contribution in [2.75, 3.05) is 13.6 Å². The fraction of sp³-hybridized carbons (Fsp3) is 0.562. The summed E-state index contributed by atoms with van der Waals surface area (Å²) in [5.41, 5.74) is 1.11.